The first kappa shape index (κ1) is 94.8. The van der Waals surface area contributed by atoms with E-state index in [1.54, 1.807) is 0 Å². The van der Waals surface area contributed by atoms with Gasteiger partial charge >= 0.3 is 13.7 Å². The number of pyridine rings is 6. The van der Waals surface area contributed by atoms with Crippen molar-refractivity contribution in [3.8, 4) is 73.5 Å². The summed E-state index contributed by atoms with van der Waals surface area (Å²) in [5.41, 5.74) is 29.5. The third kappa shape index (κ3) is 20.5. The highest BCUT2D eigenvalue weighted by Crippen LogP contribution is 2.55. The summed E-state index contributed by atoms with van der Waals surface area (Å²) in [4.78, 5) is 4.62. The van der Waals surface area contributed by atoms with Gasteiger partial charge < -0.3 is 22.9 Å². The Morgan fingerprint density at radius 2 is 0.767 bits per heavy atom. The normalized spacial score (nSPS) is 13.3. The van der Waals surface area contributed by atoms with Gasteiger partial charge in [-0.1, -0.05) is 219 Å². The zero-order valence-electron chi connectivity index (χ0n) is 77.1. The molecule has 3 fully saturated rings. The molecule has 8 aliphatic rings. The van der Waals surface area contributed by atoms with Crippen LogP contribution in [0.2, 0.25) is 18.9 Å². The zero-order valence-corrected chi connectivity index (χ0v) is 77.1. The van der Waals surface area contributed by atoms with Crippen molar-refractivity contribution in [1.82, 2.24) is 4.98 Å². The van der Waals surface area contributed by atoms with E-state index in [1.165, 1.54) is 130 Å². The number of nitrogens with zero attached hydrogens (tertiary/aromatic N) is 6. The monoisotopic (exact) mass is 1560 g/mol. The second-order valence-corrected chi connectivity index (χ2v) is 27.2. The minimum absolute atomic E-state index is 0.453. The number of fused-ring (bicyclic) bond motifs is 16. The lowest BCUT2D eigenvalue weighted by Gasteiger charge is -2.13. The van der Waals surface area contributed by atoms with Crippen LogP contribution in [0, 0.1) is 34.6 Å². The van der Waals surface area contributed by atoms with Crippen LogP contribution in [0.25, 0.3) is 89.3 Å². The van der Waals surface area contributed by atoms with Crippen LogP contribution in [-0.4, -0.2) is 38.0 Å². The average Bonchev–Trinajstić information content (AvgIpc) is 1.65. The summed E-state index contributed by atoms with van der Waals surface area (Å²) in [7, 11) is 10.4. The highest BCUT2D eigenvalue weighted by atomic mass is 16.5. The first-order valence-electron chi connectivity index (χ1n) is 44.3. The minimum atomic E-state index is 0.453. The largest absolute Gasteiger partial charge is 0.569 e. The maximum atomic E-state index is 6.16. The summed E-state index contributed by atoms with van der Waals surface area (Å²) < 4.78 is 41.2. The third-order valence-electron chi connectivity index (χ3n) is 20.7. The summed E-state index contributed by atoms with van der Waals surface area (Å²) in [5.74, 6) is 5.19. The fraction of sp³-hybridized carbons (Fsp3) is 0.386. The molecule has 14 heterocycles. The number of aromatic nitrogens is 6. The Balaban J connectivity index is 0.000000213. The number of hydrogen-bond acceptors (Lipinski definition) is 6. The van der Waals surface area contributed by atoms with Crippen molar-refractivity contribution in [1.29, 1.82) is 0 Å². The smallest absolute Gasteiger partial charge is 0.364 e. The predicted molar refractivity (Wildman–Crippen MR) is 499 cm³/mol. The number of furan rings is 2. The number of hydrogen-bond donors (Lipinski definition) is 0. The molecule has 0 radical (unpaired) electrons. The van der Waals surface area contributed by atoms with Gasteiger partial charge in [-0.25, -0.2) is 27.8 Å². The van der Waals surface area contributed by atoms with Crippen molar-refractivity contribution in [2.45, 2.75) is 230 Å². The summed E-state index contributed by atoms with van der Waals surface area (Å²) in [6, 6.07) is 56.2. The molecule has 116 heavy (non-hydrogen) atoms. The molecule has 3 saturated heterocycles. The van der Waals surface area contributed by atoms with Gasteiger partial charge in [-0.05, 0) is 134 Å². The molecule has 11 nitrogen and oxygen atoms in total. The Hall–Kier alpha value is -10.0. The Kier molecular flexibility index (Phi) is 37.2. The number of aryl methyl sites for hydroxylation is 10. The molecule has 2 atom stereocenters. The fourth-order valence-electron chi connectivity index (χ4n) is 15.0. The van der Waals surface area contributed by atoms with E-state index in [4.69, 9.17) is 22.9 Å². The first-order valence-corrected chi connectivity index (χ1v) is 44.3. The molecule has 6 aliphatic heterocycles. The van der Waals surface area contributed by atoms with E-state index in [0.717, 1.165) is 74.8 Å². The van der Waals surface area contributed by atoms with Gasteiger partial charge in [-0.2, -0.15) is 0 Å². The fourth-order valence-corrected chi connectivity index (χ4v) is 15.0. The van der Waals surface area contributed by atoms with Gasteiger partial charge in [0.2, 0.25) is 40.9 Å². The van der Waals surface area contributed by atoms with Crippen molar-refractivity contribution in [3.63, 3.8) is 0 Å². The number of ether oxygens (including phenoxy) is 1. The topological polar surface area (TPSA) is 86.3 Å². The molecule has 21 rings (SSSR count). The van der Waals surface area contributed by atoms with Crippen LogP contribution in [0.15, 0.2) is 198 Å². The molecule has 2 unspecified atom stereocenters. The van der Waals surface area contributed by atoms with Gasteiger partial charge in [-0.15, -0.1) is 0 Å². The van der Waals surface area contributed by atoms with Gasteiger partial charge in [0.1, 0.15) is 63.8 Å². The first-order chi connectivity index (χ1) is 56.7. The molecule has 13 aromatic rings. The summed E-state index contributed by atoms with van der Waals surface area (Å²) in [6.45, 7) is 57.0. The highest BCUT2D eigenvalue weighted by Gasteiger charge is 2.57. The molecular formula is C101H139B4N6O5+5. The minimum Gasteiger partial charge on any atom is -0.569 e. The summed E-state index contributed by atoms with van der Waals surface area (Å²) in [5, 5.41) is 3.57. The van der Waals surface area contributed by atoms with Crippen LogP contribution < -0.4 is 47.8 Å². The van der Waals surface area contributed by atoms with E-state index in [0.29, 0.717) is 38.9 Å². The molecule has 5 aromatic carbocycles. The average molecular weight is 1560 g/mol. The van der Waals surface area contributed by atoms with Crippen LogP contribution in [-0.2, 0) is 48.1 Å². The van der Waals surface area contributed by atoms with Gasteiger partial charge in [0, 0.05) is 101 Å². The van der Waals surface area contributed by atoms with Gasteiger partial charge in [0.25, 0.3) is 0 Å². The van der Waals surface area contributed by atoms with E-state index in [1.807, 2.05) is 164 Å². The lowest BCUT2D eigenvalue weighted by molar-refractivity contribution is -0.660. The second-order valence-electron chi connectivity index (χ2n) is 27.2. The molecule has 0 spiro atoms. The molecule has 0 bridgehead atoms. The van der Waals surface area contributed by atoms with E-state index >= 15 is 0 Å². The van der Waals surface area contributed by atoms with Crippen molar-refractivity contribution in [2.24, 2.45) is 35.2 Å². The number of rotatable bonds is 5. The second kappa shape index (κ2) is 45.5. The van der Waals surface area contributed by atoms with Crippen molar-refractivity contribution in [3.05, 3.63) is 245 Å². The molecule has 0 N–H and O–H groups in total. The standard InChI is InChI=1S/C19H15N2O.C16H14NO.2C15H15BNO.C14H14B2NO.11C2H6/c1-11-6-7-13-14-9-12-10-15(12)20-19(14)22-18(13)17(11)16-5-3-4-8-21(16)2;1-10-6-7-11-12-9-14(12)18-16(11)15(10)13-5-3-4-8-17(13)2;1-10-6-7-11-12-9-16(12)18-15(11)14(10)13-5-3-4-8-17(13)2;1-10-6-7-11-15(18-13-9-16(11)13)14(10)12-5-3-4-8-17(12)2;1-10-6-7-11-14(18-16-9-15(11)16)13(10)12-5-3-4-8-17(12)2;11*1-2/h3-9H,10H2,1-2H3;3-8H,9H2,1-2H3;3-8,12H,9H2,1-2H3;3-8,13H,9H2,1-2H3;3-8H,9H2,1-2H3;11*1-2H3/q5*+1;;;;;;;;;;;. The maximum Gasteiger partial charge on any atom is 0.364 e. The van der Waals surface area contributed by atoms with E-state index in [-0.39, 0.29) is 0 Å². The van der Waals surface area contributed by atoms with Crippen molar-refractivity contribution in [2.75, 3.05) is 0 Å². The molecule has 8 aromatic heterocycles. The van der Waals surface area contributed by atoms with E-state index < -0.39 is 0 Å². The van der Waals surface area contributed by atoms with Gasteiger partial charge in [-0.3, -0.25) is 0 Å². The Morgan fingerprint density at radius 1 is 0.371 bits per heavy atom. The molecular weight excluding hydrogens is 1420 g/mol. The third-order valence-corrected chi connectivity index (χ3v) is 20.7. The van der Waals surface area contributed by atoms with Gasteiger partial charge in [0.05, 0.1) is 39.5 Å². The van der Waals surface area contributed by atoms with E-state index in [9.17, 15) is 0 Å². The maximum absolute atomic E-state index is 6.16. The van der Waals surface area contributed by atoms with Crippen LogP contribution in [0.4, 0.5) is 0 Å². The molecule has 0 saturated carbocycles. The summed E-state index contributed by atoms with van der Waals surface area (Å²) >= 11 is 0. The molecule has 2 aliphatic carbocycles. The Morgan fingerprint density at radius 3 is 1.23 bits per heavy atom. The predicted octanol–water partition coefficient (Wildman–Crippen LogP) is 23.3. The van der Waals surface area contributed by atoms with Crippen molar-refractivity contribution >= 4 is 71.0 Å². The van der Waals surface area contributed by atoms with Crippen LogP contribution >= 0.6 is 0 Å². The Labute approximate surface area is 701 Å². The molecule has 0 amide bonds. The lowest BCUT2D eigenvalue weighted by atomic mass is 9.47. The highest BCUT2D eigenvalue weighted by molar-refractivity contribution is 7.44. The molecule has 15 heteroatoms. The SMILES string of the molecule is CC.CC.CC.CC.CC.CC.CC.CC.CC.CC.CC.Cc1ccc2c(c1-c1cccc[n+]1C)OB1CB12.Cc1ccc2c(c1-c1cccc[n+]1C)OB1CC12.Cc1ccc2c(c1-c1cccc[n+]1C)OC1CB21.Cc1ccc2c(oc3nc4c(cc32)C4)c1-c1cccc[n+]1C.Cc1ccc2c3c(oc2c1-c1cccc[n+]1C)C3. The van der Waals surface area contributed by atoms with Crippen LogP contribution in [0.1, 0.15) is 214 Å². The molecule has 610 valence electrons. The summed E-state index contributed by atoms with van der Waals surface area (Å²) in [6.07, 6.45) is 16.1. The Bertz CT molecular complexity index is 5060. The van der Waals surface area contributed by atoms with Crippen molar-refractivity contribution < 1.29 is 45.7 Å². The van der Waals surface area contributed by atoms with Crippen LogP contribution in [0.5, 0.6) is 17.2 Å². The quantitative estimate of drug-likeness (QED) is 0.126. The lowest BCUT2D eigenvalue weighted by Crippen LogP contribution is -2.30. The van der Waals surface area contributed by atoms with E-state index in [2.05, 4.69) is 274 Å². The van der Waals surface area contributed by atoms with Crippen LogP contribution in [0.3, 0.4) is 0 Å². The number of benzene rings is 5. The zero-order chi connectivity index (χ0) is 85.9. The van der Waals surface area contributed by atoms with Gasteiger partial charge in [0.15, 0.2) is 43.2 Å².